The van der Waals surface area contributed by atoms with E-state index in [0.717, 1.165) is 32.2 Å². The number of rotatable bonds is 5. The van der Waals surface area contributed by atoms with Gasteiger partial charge in [0.1, 0.15) is 5.15 Å². The van der Waals surface area contributed by atoms with Gasteiger partial charge in [-0.3, -0.25) is 4.79 Å². The van der Waals surface area contributed by atoms with Gasteiger partial charge >= 0.3 is 0 Å². The highest BCUT2D eigenvalue weighted by Crippen LogP contribution is 2.29. The van der Waals surface area contributed by atoms with E-state index in [2.05, 4.69) is 11.9 Å². The number of hydrogen-bond donors (Lipinski definition) is 0. The van der Waals surface area contributed by atoms with E-state index in [-0.39, 0.29) is 11.1 Å². The fourth-order valence-corrected chi connectivity index (χ4v) is 2.14. The van der Waals surface area contributed by atoms with E-state index in [0.29, 0.717) is 16.6 Å². The molecule has 0 radical (unpaired) electrons. The van der Waals surface area contributed by atoms with Gasteiger partial charge in [0.25, 0.3) is 5.91 Å². The molecule has 1 saturated carbocycles. The number of hydrogen-bond acceptors (Lipinski definition) is 2. The summed E-state index contributed by atoms with van der Waals surface area (Å²) in [4.78, 5) is 18.2. The zero-order valence-electron chi connectivity index (χ0n) is 10.3. The number of pyridine rings is 1. The molecule has 5 heteroatoms. The standard InChI is InChI=1S/C13H16Cl2N2O/c1-2-3-6-17(10-4-5-10)13(18)9-7-11(14)12(15)16-8-9/h7-8,10H,2-6H2,1H3. The highest BCUT2D eigenvalue weighted by Gasteiger charge is 2.32. The summed E-state index contributed by atoms with van der Waals surface area (Å²) in [5.41, 5.74) is 0.521. The first-order valence-corrected chi connectivity index (χ1v) is 7.01. The van der Waals surface area contributed by atoms with Gasteiger partial charge in [-0.2, -0.15) is 0 Å². The topological polar surface area (TPSA) is 33.2 Å². The van der Waals surface area contributed by atoms with Crippen molar-refractivity contribution in [3.05, 3.63) is 28.0 Å². The zero-order valence-corrected chi connectivity index (χ0v) is 11.8. The van der Waals surface area contributed by atoms with E-state index in [1.165, 1.54) is 6.20 Å². The van der Waals surface area contributed by atoms with Gasteiger partial charge in [0.05, 0.1) is 10.6 Å². The average Bonchev–Trinajstić information content (AvgIpc) is 3.17. The average molecular weight is 287 g/mol. The number of halogens is 2. The van der Waals surface area contributed by atoms with Crippen LogP contribution in [-0.4, -0.2) is 28.4 Å². The van der Waals surface area contributed by atoms with Crippen LogP contribution in [0.4, 0.5) is 0 Å². The molecule has 1 aliphatic rings. The molecule has 3 nitrogen and oxygen atoms in total. The van der Waals surface area contributed by atoms with Gasteiger partial charge in [-0.15, -0.1) is 0 Å². The lowest BCUT2D eigenvalue weighted by Crippen LogP contribution is -2.34. The fourth-order valence-electron chi connectivity index (χ4n) is 1.87. The van der Waals surface area contributed by atoms with Crippen molar-refractivity contribution in [2.75, 3.05) is 6.54 Å². The van der Waals surface area contributed by atoms with Crippen LogP contribution in [0.2, 0.25) is 10.2 Å². The number of unbranched alkanes of at least 4 members (excludes halogenated alkanes) is 1. The molecule has 0 spiro atoms. The summed E-state index contributed by atoms with van der Waals surface area (Å²) in [5.74, 6) is 0.0111. The Kier molecular flexibility index (Phi) is 4.46. The number of aromatic nitrogens is 1. The molecular weight excluding hydrogens is 271 g/mol. The Morgan fingerprint density at radius 2 is 2.22 bits per heavy atom. The molecule has 18 heavy (non-hydrogen) atoms. The molecule has 1 aromatic heterocycles. The second-order valence-corrected chi connectivity index (χ2v) is 5.35. The Labute approximate surface area is 117 Å². The Bertz CT molecular complexity index is 447. The monoisotopic (exact) mass is 286 g/mol. The minimum atomic E-state index is 0.0111. The molecular formula is C13H16Cl2N2O. The molecule has 1 aromatic rings. The molecule has 2 rings (SSSR count). The second-order valence-electron chi connectivity index (χ2n) is 4.58. The highest BCUT2D eigenvalue weighted by molar-refractivity contribution is 6.41. The maximum atomic E-state index is 12.4. The summed E-state index contributed by atoms with van der Waals surface area (Å²) < 4.78 is 0. The minimum absolute atomic E-state index is 0.0111. The molecule has 98 valence electrons. The first kappa shape index (κ1) is 13.6. The van der Waals surface area contributed by atoms with E-state index in [1.54, 1.807) is 6.07 Å². The lowest BCUT2D eigenvalue weighted by atomic mass is 10.2. The first-order valence-electron chi connectivity index (χ1n) is 6.25. The van der Waals surface area contributed by atoms with Crippen molar-refractivity contribution in [2.24, 2.45) is 0 Å². The van der Waals surface area contributed by atoms with Crippen LogP contribution in [0, 0.1) is 0 Å². The van der Waals surface area contributed by atoms with Crippen LogP contribution >= 0.6 is 23.2 Å². The van der Waals surface area contributed by atoms with Gasteiger partial charge in [-0.1, -0.05) is 36.5 Å². The zero-order chi connectivity index (χ0) is 13.1. The molecule has 0 atom stereocenters. The number of amides is 1. The summed E-state index contributed by atoms with van der Waals surface area (Å²) in [6.45, 7) is 2.93. The maximum absolute atomic E-state index is 12.4. The predicted octanol–water partition coefficient (Wildman–Crippen LogP) is 3.79. The molecule has 1 fully saturated rings. The van der Waals surface area contributed by atoms with Crippen LogP contribution in [0.3, 0.4) is 0 Å². The first-order chi connectivity index (χ1) is 8.63. The molecule has 1 heterocycles. The van der Waals surface area contributed by atoms with Crippen molar-refractivity contribution in [3.63, 3.8) is 0 Å². The Morgan fingerprint density at radius 3 is 2.78 bits per heavy atom. The van der Waals surface area contributed by atoms with Gasteiger partial charge in [-0.25, -0.2) is 4.98 Å². The third-order valence-corrected chi connectivity index (χ3v) is 3.73. The van der Waals surface area contributed by atoms with Crippen LogP contribution in [0.5, 0.6) is 0 Å². The normalized spacial score (nSPS) is 14.6. The third-order valence-electron chi connectivity index (χ3n) is 3.04. The van der Waals surface area contributed by atoms with Gasteiger partial charge in [-0.05, 0) is 25.3 Å². The lowest BCUT2D eigenvalue weighted by molar-refractivity contribution is 0.0740. The van der Waals surface area contributed by atoms with Crippen molar-refractivity contribution in [2.45, 2.75) is 38.6 Å². The summed E-state index contributed by atoms with van der Waals surface area (Å²) in [6, 6.07) is 2.00. The van der Waals surface area contributed by atoms with Crippen LogP contribution in [0.25, 0.3) is 0 Å². The largest absolute Gasteiger partial charge is 0.336 e. The SMILES string of the molecule is CCCCN(C(=O)c1cnc(Cl)c(Cl)c1)C1CC1. The predicted molar refractivity (Wildman–Crippen MR) is 73.2 cm³/mol. The van der Waals surface area contributed by atoms with Crippen molar-refractivity contribution in [1.29, 1.82) is 0 Å². The smallest absolute Gasteiger partial charge is 0.255 e. The fraction of sp³-hybridized carbons (Fsp3) is 0.538. The Hall–Kier alpha value is -0.800. The van der Waals surface area contributed by atoms with Gasteiger partial charge in [0, 0.05) is 18.8 Å². The van der Waals surface area contributed by atoms with E-state index in [4.69, 9.17) is 23.2 Å². The molecule has 0 saturated heterocycles. The molecule has 0 unspecified atom stereocenters. The number of carbonyl (C=O) groups is 1. The summed E-state index contributed by atoms with van der Waals surface area (Å²) in [7, 11) is 0. The van der Waals surface area contributed by atoms with Crippen LogP contribution in [-0.2, 0) is 0 Å². The third kappa shape index (κ3) is 3.15. The molecule has 0 aliphatic heterocycles. The summed E-state index contributed by atoms with van der Waals surface area (Å²) >= 11 is 11.7. The van der Waals surface area contributed by atoms with Crippen molar-refractivity contribution in [1.82, 2.24) is 9.88 Å². The van der Waals surface area contributed by atoms with Crippen LogP contribution in [0.1, 0.15) is 43.0 Å². The summed E-state index contributed by atoms with van der Waals surface area (Å²) in [5, 5.41) is 0.563. The van der Waals surface area contributed by atoms with Crippen LogP contribution in [0.15, 0.2) is 12.3 Å². The number of carbonyl (C=O) groups excluding carboxylic acids is 1. The minimum Gasteiger partial charge on any atom is -0.336 e. The van der Waals surface area contributed by atoms with E-state index < -0.39 is 0 Å². The number of nitrogens with zero attached hydrogens (tertiary/aromatic N) is 2. The van der Waals surface area contributed by atoms with Crippen LogP contribution < -0.4 is 0 Å². The quantitative estimate of drug-likeness (QED) is 0.772. The van der Waals surface area contributed by atoms with E-state index >= 15 is 0 Å². The maximum Gasteiger partial charge on any atom is 0.255 e. The summed E-state index contributed by atoms with van der Waals surface area (Å²) in [6.07, 6.45) is 5.80. The van der Waals surface area contributed by atoms with E-state index in [1.807, 2.05) is 4.90 Å². The highest BCUT2D eigenvalue weighted by atomic mass is 35.5. The lowest BCUT2D eigenvalue weighted by Gasteiger charge is -2.22. The molecule has 1 aliphatic carbocycles. The van der Waals surface area contributed by atoms with Crippen molar-refractivity contribution < 1.29 is 4.79 Å². The Balaban J connectivity index is 2.13. The van der Waals surface area contributed by atoms with Gasteiger partial charge < -0.3 is 4.90 Å². The second kappa shape index (κ2) is 5.89. The Morgan fingerprint density at radius 1 is 1.50 bits per heavy atom. The van der Waals surface area contributed by atoms with E-state index in [9.17, 15) is 4.79 Å². The van der Waals surface area contributed by atoms with Gasteiger partial charge in [0.2, 0.25) is 0 Å². The van der Waals surface area contributed by atoms with Crippen molar-refractivity contribution >= 4 is 29.1 Å². The molecule has 0 bridgehead atoms. The molecule has 1 amide bonds. The van der Waals surface area contributed by atoms with Crippen molar-refractivity contribution in [3.8, 4) is 0 Å². The molecule has 0 aromatic carbocycles. The van der Waals surface area contributed by atoms with Gasteiger partial charge in [0.15, 0.2) is 0 Å². The molecule has 0 N–H and O–H groups in total.